The van der Waals surface area contributed by atoms with Crippen LogP contribution in [0.25, 0.3) is 0 Å². The van der Waals surface area contributed by atoms with E-state index in [2.05, 4.69) is 13.8 Å². The molecule has 0 bridgehead atoms. The molecule has 2 aliphatic heterocycles. The molecule has 26 heavy (non-hydrogen) atoms. The van der Waals surface area contributed by atoms with Gasteiger partial charge in [-0.25, -0.2) is 8.42 Å². The predicted octanol–water partition coefficient (Wildman–Crippen LogP) is 5.28. The number of unbranched alkanes of at least 4 members (excludes halogenated alkanes) is 1. The predicted molar refractivity (Wildman–Crippen MR) is 106 cm³/mol. The van der Waals surface area contributed by atoms with E-state index < -0.39 is 9.84 Å². The Hall–Kier alpha value is -0.0900. The maximum Gasteiger partial charge on any atom is 0.154 e. The van der Waals surface area contributed by atoms with Gasteiger partial charge in [0, 0.05) is 11.3 Å². The van der Waals surface area contributed by atoms with Gasteiger partial charge in [0.25, 0.3) is 0 Å². The molecular weight excluding hydrogens is 344 g/mol. The summed E-state index contributed by atoms with van der Waals surface area (Å²) in [5.41, 5.74) is -0.234. The summed E-state index contributed by atoms with van der Waals surface area (Å²) in [6.07, 6.45) is 15.1. The molecular formula is C22H38O3S. The van der Waals surface area contributed by atoms with Gasteiger partial charge in [-0.05, 0) is 44.4 Å². The van der Waals surface area contributed by atoms with Crippen molar-refractivity contribution in [2.75, 3.05) is 5.75 Å². The number of hydrogen-bond acceptors (Lipinski definition) is 3. The second kappa shape index (κ2) is 7.06. The smallest absolute Gasteiger partial charge is 0.154 e. The molecule has 0 radical (unpaired) electrons. The van der Waals surface area contributed by atoms with Gasteiger partial charge in [0.15, 0.2) is 9.84 Å². The van der Waals surface area contributed by atoms with Crippen LogP contribution >= 0.6 is 0 Å². The molecule has 2 saturated heterocycles. The van der Waals surface area contributed by atoms with Crippen molar-refractivity contribution in [3.8, 4) is 0 Å². The van der Waals surface area contributed by atoms with Crippen LogP contribution in [0.1, 0.15) is 97.3 Å². The zero-order valence-corrected chi connectivity index (χ0v) is 17.7. The van der Waals surface area contributed by atoms with Crippen molar-refractivity contribution in [3.63, 3.8) is 0 Å². The van der Waals surface area contributed by atoms with Gasteiger partial charge < -0.3 is 4.74 Å². The van der Waals surface area contributed by atoms with Crippen LogP contribution < -0.4 is 0 Å². The highest BCUT2D eigenvalue weighted by atomic mass is 32.2. The van der Waals surface area contributed by atoms with Gasteiger partial charge in [-0.1, -0.05) is 58.8 Å². The van der Waals surface area contributed by atoms with Crippen molar-refractivity contribution in [3.05, 3.63) is 0 Å². The SMILES string of the molecule is CCCC[C@]1(CC)CS(=O)(=O)C2CCCCC2[C@@]2(C3CCCCC3)OC12. The summed E-state index contributed by atoms with van der Waals surface area (Å²) in [7, 11) is -3.03. The molecule has 2 heterocycles. The Morgan fingerprint density at radius 2 is 1.65 bits per heavy atom. The van der Waals surface area contributed by atoms with Crippen LogP contribution in [0.5, 0.6) is 0 Å². The molecule has 0 aromatic rings. The van der Waals surface area contributed by atoms with E-state index in [-0.39, 0.29) is 28.3 Å². The molecule has 4 aliphatic rings. The lowest BCUT2D eigenvalue weighted by Gasteiger charge is -2.39. The Morgan fingerprint density at radius 1 is 0.962 bits per heavy atom. The molecule has 2 saturated carbocycles. The second-order valence-corrected chi connectivity index (χ2v) is 12.0. The van der Waals surface area contributed by atoms with Crippen LogP contribution in [-0.2, 0) is 14.6 Å². The standard InChI is InChI=1S/C22H38O3S/c1-3-5-15-21(4-2)16-26(23,24)19-14-10-9-13-18(19)22(20(21)25-22)17-11-7-6-8-12-17/h17-20H,3-16H2,1-2H3/t18?,19?,20?,21-,22-/m1/s1. The van der Waals surface area contributed by atoms with E-state index in [1.807, 2.05) is 0 Å². The molecule has 0 N–H and O–H groups in total. The summed E-state index contributed by atoms with van der Waals surface area (Å²) in [6, 6.07) is 0. The zero-order valence-electron chi connectivity index (χ0n) is 16.8. The van der Waals surface area contributed by atoms with E-state index in [0.717, 1.165) is 44.9 Å². The average molecular weight is 383 g/mol. The summed E-state index contributed by atoms with van der Waals surface area (Å²) in [6.45, 7) is 4.43. The van der Waals surface area contributed by atoms with Crippen molar-refractivity contribution in [2.24, 2.45) is 17.3 Å². The first-order chi connectivity index (χ1) is 12.5. The minimum atomic E-state index is -3.03. The number of epoxide rings is 1. The van der Waals surface area contributed by atoms with E-state index in [4.69, 9.17) is 4.74 Å². The normalized spacial score (nSPS) is 45.4. The van der Waals surface area contributed by atoms with Gasteiger partial charge in [-0.2, -0.15) is 0 Å². The van der Waals surface area contributed by atoms with Crippen molar-refractivity contribution in [2.45, 2.75) is 114 Å². The van der Waals surface area contributed by atoms with Gasteiger partial charge in [0.1, 0.15) is 5.60 Å². The molecule has 2 aliphatic carbocycles. The summed E-state index contributed by atoms with van der Waals surface area (Å²) in [5.74, 6) is 1.26. The van der Waals surface area contributed by atoms with E-state index >= 15 is 0 Å². The fourth-order valence-corrected chi connectivity index (χ4v) is 9.94. The quantitative estimate of drug-likeness (QED) is 0.608. The van der Waals surface area contributed by atoms with Crippen molar-refractivity contribution >= 4 is 9.84 Å². The maximum atomic E-state index is 13.5. The van der Waals surface area contributed by atoms with Gasteiger partial charge in [-0.15, -0.1) is 0 Å². The highest BCUT2D eigenvalue weighted by molar-refractivity contribution is 7.92. The Morgan fingerprint density at radius 3 is 2.35 bits per heavy atom. The molecule has 4 rings (SSSR count). The van der Waals surface area contributed by atoms with Crippen LogP contribution in [0.2, 0.25) is 0 Å². The number of fused-ring (bicyclic) bond motifs is 3. The number of sulfone groups is 1. The lowest BCUT2D eigenvalue weighted by atomic mass is 9.62. The molecule has 5 atom stereocenters. The fourth-order valence-electron chi connectivity index (χ4n) is 7.04. The van der Waals surface area contributed by atoms with E-state index in [1.165, 1.54) is 38.5 Å². The zero-order chi connectivity index (χ0) is 18.4. The number of hydrogen-bond donors (Lipinski definition) is 0. The molecule has 0 aromatic heterocycles. The van der Waals surface area contributed by atoms with Gasteiger partial charge in [-0.3, -0.25) is 0 Å². The molecule has 4 fully saturated rings. The first-order valence-corrected chi connectivity index (χ1v) is 13.1. The van der Waals surface area contributed by atoms with Crippen LogP contribution in [-0.4, -0.2) is 31.1 Å². The van der Waals surface area contributed by atoms with Crippen LogP contribution in [0, 0.1) is 17.3 Å². The maximum absolute atomic E-state index is 13.5. The lowest BCUT2D eigenvalue weighted by Crippen LogP contribution is -2.46. The molecule has 0 amide bonds. The third-order valence-electron chi connectivity index (χ3n) is 8.44. The topological polar surface area (TPSA) is 46.7 Å². The largest absolute Gasteiger partial charge is 0.365 e. The molecule has 150 valence electrons. The molecule has 4 heteroatoms. The molecule has 3 nitrogen and oxygen atoms in total. The third-order valence-corrected chi connectivity index (χ3v) is 10.9. The summed E-state index contributed by atoms with van der Waals surface area (Å²) >= 11 is 0. The van der Waals surface area contributed by atoms with Crippen molar-refractivity contribution in [1.82, 2.24) is 0 Å². The second-order valence-electron chi connectivity index (χ2n) is 9.74. The minimum absolute atomic E-state index is 0.0984. The molecule has 0 spiro atoms. The van der Waals surface area contributed by atoms with E-state index in [0.29, 0.717) is 11.7 Å². The summed E-state index contributed by atoms with van der Waals surface area (Å²) < 4.78 is 33.8. The highest BCUT2D eigenvalue weighted by Gasteiger charge is 2.75. The van der Waals surface area contributed by atoms with Gasteiger partial charge >= 0.3 is 0 Å². The Bertz CT molecular complexity index is 609. The van der Waals surface area contributed by atoms with Gasteiger partial charge in [0.2, 0.25) is 0 Å². The van der Waals surface area contributed by atoms with E-state index in [9.17, 15) is 8.42 Å². The highest BCUT2D eigenvalue weighted by Crippen LogP contribution is 2.66. The van der Waals surface area contributed by atoms with Gasteiger partial charge in [0.05, 0.1) is 17.1 Å². The first-order valence-electron chi connectivity index (χ1n) is 11.4. The Kier molecular flexibility index (Phi) is 5.22. The lowest BCUT2D eigenvalue weighted by molar-refractivity contribution is 0.0917. The summed E-state index contributed by atoms with van der Waals surface area (Å²) in [4.78, 5) is 0. The van der Waals surface area contributed by atoms with Crippen LogP contribution in [0.4, 0.5) is 0 Å². The Labute approximate surface area is 160 Å². The molecule has 3 unspecified atom stereocenters. The number of ether oxygens (including phenoxy) is 1. The summed E-state index contributed by atoms with van der Waals surface area (Å²) in [5, 5.41) is -0.127. The van der Waals surface area contributed by atoms with E-state index in [1.54, 1.807) is 0 Å². The Balaban J connectivity index is 1.77. The fraction of sp³-hybridized carbons (Fsp3) is 1.00. The van der Waals surface area contributed by atoms with Crippen molar-refractivity contribution in [1.29, 1.82) is 0 Å². The van der Waals surface area contributed by atoms with Crippen molar-refractivity contribution < 1.29 is 13.2 Å². The van der Waals surface area contributed by atoms with Crippen LogP contribution in [0.15, 0.2) is 0 Å². The molecule has 0 aromatic carbocycles. The minimum Gasteiger partial charge on any atom is -0.365 e. The third kappa shape index (κ3) is 2.89. The number of rotatable bonds is 5. The van der Waals surface area contributed by atoms with Crippen LogP contribution in [0.3, 0.4) is 0 Å². The first kappa shape index (κ1) is 19.2. The monoisotopic (exact) mass is 382 g/mol. The average Bonchev–Trinajstić information content (AvgIpc) is 3.43.